The van der Waals surface area contributed by atoms with E-state index in [1.165, 1.54) is 16.7 Å². The fourth-order valence-electron chi connectivity index (χ4n) is 4.74. The topological polar surface area (TPSA) is 79.5 Å². The smallest absolute Gasteiger partial charge is 0.305 e. The Morgan fingerprint density at radius 2 is 1.49 bits per heavy atom. The van der Waals surface area contributed by atoms with Crippen molar-refractivity contribution in [3.8, 4) is 5.75 Å². The number of halogens is 2. The van der Waals surface area contributed by atoms with Crippen LogP contribution in [0.25, 0.3) is 0 Å². The number of nitrogens with one attached hydrogen (secondary N) is 1. The van der Waals surface area contributed by atoms with Gasteiger partial charge in [0.2, 0.25) is 11.8 Å². The Morgan fingerprint density at radius 1 is 0.838 bits per heavy atom. The predicted molar refractivity (Wildman–Crippen MR) is 146 cm³/mol. The summed E-state index contributed by atoms with van der Waals surface area (Å²) in [5.41, 5.74) is 2.31. The number of ether oxygens (including phenoxy) is 1. The highest BCUT2D eigenvalue weighted by molar-refractivity contribution is 8.00. The molecular formula is C27H18Cl2N2O4S2. The van der Waals surface area contributed by atoms with Gasteiger partial charge in [0.1, 0.15) is 17.6 Å². The first-order valence-electron chi connectivity index (χ1n) is 11.4. The van der Waals surface area contributed by atoms with E-state index in [0.717, 1.165) is 27.3 Å². The van der Waals surface area contributed by atoms with E-state index >= 15 is 0 Å². The number of hydrogen-bond acceptors (Lipinski definition) is 6. The Morgan fingerprint density at radius 3 is 2.16 bits per heavy atom. The van der Waals surface area contributed by atoms with Gasteiger partial charge >= 0.3 is 4.87 Å². The molecule has 4 aromatic rings. The number of fused-ring (bicyclic) bond motifs is 2. The van der Waals surface area contributed by atoms with Gasteiger partial charge in [0.05, 0.1) is 16.6 Å². The van der Waals surface area contributed by atoms with Crippen molar-refractivity contribution < 1.29 is 14.3 Å². The van der Waals surface area contributed by atoms with Gasteiger partial charge in [-0.2, -0.15) is 0 Å². The zero-order valence-electron chi connectivity index (χ0n) is 19.0. The molecule has 3 heterocycles. The molecule has 0 aliphatic carbocycles. The summed E-state index contributed by atoms with van der Waals surface area (Å²) in [7, 11) is 0. The quantitative estimate of drug-likeness (QED) is 0.293. The minimum Gasteiger partial charge on any atom is -0.489 e. The number of thioether (sulfide) groups is 1. The Hall–Kier alpha value is -3.04. The molecule has 1 aromatic heterocycles. The summed E-state index contributed by atoms with van der Waals surface area (Å²) in [6.07, 6.45) is 0. The van der Waals surface area contributed by atoms with E-state index in [4.69, 9.17) is 27.9 Å². The van der Waals surface area contributed by atoms with E-state index in [-0.39, 0.29) is 16.7 Å². The summed E-state index contributed by atoms with van der Waals surface area (Å²) in [5, 5.41) is 1.18. The maximum Gasteiger partial charge on any atom is 0.305 e. The highest BCUT2D eigenvalue weighted by atomic mass is 35.5. The van der Waals surface area contributed by atoms with Gasteiger partial charge in [-0.3, -0.25) is 14.4 Å². The standard InChI is InChI=1S/C27H18Cl2N2O4S2/c28-16-5-1-14(2-6-16)13-35-19-11-3-15(4-12-19)20-21-23(36-24-22(20)37-27(34)30-24)26(33)31(25(21)32)18-9-7-17(29)8-10-18/h1-12,20-21,23H,13H2,(H,30,34)/t20-,21-,23+/m0/s1. The molecule has 1 saturated heterocycles. The maximum absolute atomic E-state index is 13.7. The summed E-state index contributed by atoms with van der Waals surface area (Å²) in [5.74, 6) is -1.01. The van der Waals surface area contributed by atoms with Crippen LogP contribution in [0.15, 0.2) is 82.6 Å². The van der Waals surface area contributed by atoms with Gasteiger partial charge in [-0.25, -0.2) is 4.90 Å². The summed E-state index contributed by atoms with van der Waals surface area (Å²) in [6, 6.07) is 21.5. The van der Waals surface area contributed by atoms with Crippen molar-refractivity contribution in [2.24, 2.45) is 5.92 Å². The Balaban J connectivity index is 1.32. The second-order valence-electron chi connectivity index (χ2n) is 8.72. The van der Waals surface area contributed by atoms with Gasteiger partial charge in [0.15, 0.2) is 0 Å². The molecule has 2 amide bonds. The molecular weight excluding hydrogens is 551 g/mol. The number of nitrogens with zero attached hydrogens (tertiary/aromatic N) is 1. The maximum atomic E-state index is 13.7. The molecule has 0 unspecified atom stereocenters. The number of hydrogen-bond donors (Lipinski definition) is 1. The number of H-pyrrole nitrogens is 1. The van der Waals surface area contributed by atoms with E-state index in [1.54, 1.807) is 24.3 Å². The van der Waals surface area contributed by atoms with Crippen LogP contribution in [0.2, 0.25) is 10.0 Å². The van der Waals surface area contributed by atoms with Gasteiger partial charge in [0.25, 0.3) is 0 Å². The molecule has 0 saturated carbocycles. The van der Waals surface area contributed by atoms with Crippen LogP contribution in [0.3, 0.4) is 0 Å². The first-order valence-corrected chi connectivity index (χ1v) is 13.8. The number of aromatic amines is 1. The van der Waals surface area contributed by atoms with E-state index < -0.39 is 17.1 Å². The van der Waals surface area contributed by atoms with Crippen LogP contribution in [0.1, 0.15) is 21.9 Å². The van der Waals surface area contributed by atoms with E-state index in [2.05, 4.69) is 4.98 Å². The number of carbonyl (C=O) groups excluding carboxylic acids is 2. The lowest BCUT2D eigenvalue weighted by Crippen LogP contribution is -2.32. The van der Waals surface area contributed by atoms with Crippen LogP contribution in [-0.4, -0.2) is 22.0 Å². The molecule has 6 nitrogen and oxygen atoms in total. The minimum atomic E-state index is -0.647. The monoisotopic (exact) mass is 568 g/mol. The van der Waals surface area contributed by atoms with Crippen molar-refractivity contribution in [3.63, 3.8) is 0 Å². The molecule has 37 heavy (non-hydrogen) atoms. The van der Waals surface area contributed by atoms with Gasteiger partial charge in [-0.1, -0.05) is 70.6 Å². The lowest BCUT2D eigenvalue weighted by Gasteiger charge is -2.29. The van der Waals surface area contributed by atoms with Crippen molar-refractivity contribution in [1.29, 1.82) is 0 Å². The lowest BCUT2D eigenvalue weighted by molar-refractivity contribution is -0.122. The van der Waals surface area contributed by atoms with Crippen LogP contribution < -0.4 is 14.5 Å². The van der Waals surface area contributed by atoms with Crippen molar-refractivity contribution in [2.75, 3.05) is 4.90 Å². The molecule has 3 aromatic carbocycles. The van der Waals surface area contributed by atoms with Gasteiger partial charge < -0.3 is 9.72 Å². The molecule has 10 heteroatoms. The zero-order valence-corrected chi connectivity index (χ0v) is 22.2. The van der Waals surface area contributed by atoms with Crippen molar-refractivity contribution in [2.45, 2.75) is 22.8 Å². The molecule has 1 N–H and O–H groups in total. The number of benzene rings is 3. The van der Waals surface area contributed by atoms with Crippen LogP contribution in [0.4, 0.5) is 5.69 Å². The van der Waals surface area contributed by atoms with E-state index in [9.17, 15) is 14.4 Å². The summed E-state index contributed by atoms with van der Waals surface area (Å²) in [6.45, 7) is 0.383. The van der Waals surface area contributed by atoms with Crippen molar-refractivity contribution in [1.82, 2.24) is 4.98 Å². The van der Waals surface area contributed by atoms with Crippen LogP contribution in [-0.2, 0) is 16.2 Å². The highest BCUT2D eigenvalue weighted by Gasteiger charge is 2.56. The number of rotatable bonds is 5. The van der Waals surface area contributed by atoms with E-state index in [1.807, 2.05) is 48.5 Å². The lowest BCUT2D eigenvalue weighted by atomic mass is 9.83. The number of anilines is 1. The van der Waals surface area contributed by atoms with Crippen LogP contribution in [0, 0.1) is 5.92 Å². The summed E-state index contributed by atoms with van der Waals surface area (Å²) in [4.78, 5) is 44.1. The molecule has 2 aliphatic rings. The molecule has 0 radical (unpaired) electrons. The Bertz CT molecular complexity index is 1550. The van der Waals surface area contributed by atoms with Gasteiger partial charge in [0, 0.05) is 20.8 Å². The third kappa shape index (κ3) is 4.48. The largest absolute Gasteiger partial charge is 0.489 e. The molecule has 6 rings (SSSR count). The number of imide groups is 1. The molecule has 186 valence electrons. The molecule has 0 bridgehead atoms. The van der Waals surface area contributed by atoms with Gasteiger partial charge in [-0.15, -0.1) is 0 Å². The fraction of sp³-hybridized carbons (Fsp3) is 0.148. The second-order valence-corrected chi connectivity index (χ2v) is 11.8. The minimum absolute atomic E-state index is 0.208. The summed E-state index contributed by atoms with van der Waals surface area (Å²) >= 11 is 14.3. The van der Waals surface area contributed by atoms with E-state index in [0.29, 0.717) is 33.1 Å². The Labute approximate surface area is 230 Å². The normalized spacial score (nSPS) is 20.6. The van der Waals surface area contributed by atoms with Crippen LogP contribution >= 0.6 is 46.3 Å². The molecule has 3 atom stereocenters. The number of thiazole rings is 1. The fourth-order valence-corrected chi connectivity index (χ4v) is 7.51. The first-order chi connectivity index (χ1) is 17.9. The SMILES string of the molecule is O=C1[C@H]2[C@H](c3ccc(OCc4ccc(Cl)cc4)cc3)c3sc(=O)[nH]c3S[C@H]2C(=O)N1c1ccc(Cl)cc1. The zero-order chi connectivity index (χ0) is 25.7. The first kappa shape index (κ1) is 24.3. The Kier molecular flexibility index (Phi) is 6.36. The van der Waals surface area contributed by atoms with Crippen molar-refractivity contribution in [3.05, 3.63) is 109 Å². The number of amides is 2. The third-order valence-corrected chi connectivity index (χ3v) is 9.37. The second kappa shape index (κ2) is 9.68. The van der Waals surface area contributed by atoms with Crippen molar-refractivity contribution >= 4 is 63.8 Å². The average molecular weight is 569 g/mol. The highest BCUT2D eigenvalue weighted by Crippen LogP contribution is 2.53. The number of aromatic nitrogens is 1. The molecule has 0 spiro atoms. The summed E-state index contributed by atoms with van der Waals surface area (Å²) < 4.78 is 5.92. The third-order valence-electron chi connectivity index (χ3n) is 6.47. The predicted octanol–water partition coefficient (Wildman–Crippen LogP) is 6.12. The average Bonchev–Trinajstić information content (AvgIpc) is 3.39. The molecule has 2 aliphatic heterocycles. The molecule has 1 fully saturated rings. The van der Waals surface area contributed by atoms with Gasteiger partial charge in [-0.05, 0) is 59.7 Å². The van der Waals surface area contributed by atoms with Crippen LogP contribution in [0.5, 0.6) is 5.75 Å². The number of carbonyl (C=O) groups is 2.